The van der Waals surface area contributed by atoms with Gasteiger partial charge >= 0.3 is 6.36 Å². The summed E-state index contributed by atoms with van der Waals surface area (Å²) in [6, 6.07) is 2.15. The number of morpholine rings is 1. The fourth-order valence-corrected chi connectivity index (χ4v) is 1.99. The van der Waals surface area contributed by atoms with Crippen molar-refractivity contribution >= 4 is 6.41 Å². The molecule has 110 valence electrons. The average molecular weight is 293 g/mol. The molecule has 0 aromatic heterocycles. The van der Waals surface area contributed by atoms with Crippen LogP contribution in [0.3, 0.4) is 0 Å². The van der Waals surface area contributed by atoms with Crippen molar-refractivity contribution < 1.29 is 31.8 Å². The van der Waals surface area contributed by atoms with Gasteiger partial charge in [0.05, 0.1) is 19.3 Å². The molecule has 20 heavy (non-hydrogen) atoms. The van der Waals surface area contributed by atoms with Crippen LogP contribution in [0.1, 0.15) is 11.6 Å². The molecule has 0 N–H and O–H groups in total. The minimum Gasteiger partial charge on any atom is -0.406 e. The van der Waals surface area contributed by atoms with Gasteiger partial charge in [0.2, 0.25) is 6.41 Å². The second kappa shape index (κ2) is 5.66. The number of hydrogen-bond donors (Lipinski definition) is 0. The smallest absolute Gasteiger partial charge is 0.406 e. The van der Waals surface area contributed by atoms with Crippen molar-refractivity contribution in [1.29, 1.82) is 0 Å². The maximum absolute atomic E-state index is 13.9. The molecule has 1 aliphatic rings. The molecule has 0 spiro atoms. The first-order valence-electron chi connectivity index (χ1n) is 5.74. The van der Waals surface area contributed by atoms with Crippen molar-refractivity contribution in [3.8, 4) is 5.75 Å². The first-order valence-corrected chi connectivity index (χ1v) is 5.74. The molecule has 1 aromatic rings. The first-order chi connectivity index (χ1) is 9.40. The zero-order valence-electron chi connectivity index (χ0n) is 10.2. The lowest BCUT2D eigenvalue weighted by Gasteiger charge is -2.33. The number of ether oxygens (including phenoxy) is 2. The average Bonchev–Trinajstić information content (AvgIpc) is 2.37. The van der Waals surface area contributed by atoms with Gasteiger partial charge in [-0.25, -0.2) is 4.39 Å². The number of hydrogen-bond acceptors (Lipinski definition) is 3. The number of benzene rings is 1. The van der Waals surface area contributed by atoms with E-state index in [2.05, 4.69) is 4.74 Å². The second-order valence-corrected chi connectivity index (χ2v) is 4.17. The summed E-state index contributed by atoms with van der Waals surface area (Å²) in [5.41, 5.74) is 0.0892. The van der Waals surface area contributed by atoms with Crippen LogP contribution in [0.15, 0.2) is 18.2 Å². The monoisotopic (exact) mass is 293 g/mol. The van der Waals surface area contributed by atoms with Crippen molar-refractivity contribution in [3.05, 3.63) is 29.6 Å². The summed E-state index contributed by atoms with van der Waals surface area (Å²) >= 11 is 0. The lowest BCUT2D eigenvalue weighted by molar-refractivity contribution is -0.274. The molecule has 1 heterocycles. The Balaban J connectivity index is 2.22. The van der Waals surface area contributed by atoms with Crippen molar-refractivity contribution in [2.75, 3.05) is 19.8 Å². The third kappa shape index (κ3) is 3.38. The maximum atomic E-state index is 13.9. The predicted octanol–water partition coefficient (Wildman–Crippen LogP) is 2.25. The van der Waals surface area contributed by atoms with E-state index in [1.807, 2.05) is 0 Å². The van der Waals surface area contributed by atoms with E-state index in [0.29, 0.717) is 25.6 Å². The van der Waals surface area contributed by atoms with Gasteiger partial charge in [0.1, 0.15) is 11.6 Å². The maximum Gasteiger partial charge on any atom is 0.573 e. The van der Waals surface area contributed by atoms with E-state index in [9.17, 15) is 22.4 Å². The molecule has 1 aromatic carbocycles. The van der Waals surface area contributed by atoms with Gasteiger partial charge in [-0.15, -0.1) is 13.2 Å². The topological polar surface area (TPSA) is 38.8 Å². The minimum atomic E-state index is -4.88. The van der Waals surface area contributed by atoms with Crippen molar-refractivity contribution in [1.82, 2.24) is 4.90 Å². The van der Waals surface area contributed by atoms with Crippen LogP contribution in [0, 0.1) is 5.82 Å². The van der Waals surface area contributed by atoms with Gasteiger partial charge in [-0.05, 0) is 6.07 Å². The molecule has 0 saturated carbocycles. The number of rotatable bonds is 3. The van der Waals surface area contributed by atoms with Crippen LogP contribution in [0.2, 0.25) is 0 Å². The summed E-state index contributed by atoms with van der Waals surface area (Å²) in [6.45, 7) is 0.732. The summed E-state index contributed by atoms with van der Waals surface area (Å²) in [7, 11) is 0. The Morgan fingerprint density at radius 1 is 1.40 bits per heavy atom. The van der Waals surface area contributed by atoms with Crippen LogP contribution in [-0.4, -0.2) is 37.4 Å². The standard InChI is InChI=1S/C12H11F4NO3/c13-10-5-8(20-12(14,15)16)1-2-9(10)11-6-19-4-3-17(11)7-18/h1-2,5,7,11H,3-4,6H2/t11-/m1/s1. The highest BCUT2D eigenvalue weighted by atomic mass is 19.4. The van der Waals surface area contributed by atoms with Gasteiger partial charge < -0.3 is 14.4 Å². The summed E-state index contributed by atoms with van der Waals surface area (Å²) in [5, 5.41) is 0. The minimum absolute atomic E-state index is 0.0892. The van der Waals surface area contributed by atoms with E-state index >= 15 is 0 Å². The van der Waals surface area contributed by atoms with E-state index < -0.39 is 24.0 Å². The van der Waals surface area contributed by atoms with Crippen LogP contribution in [-0.2, 0) is 9.53 Å². The van der Waals surface area contributed by atoms with E-state index in [1.165, 1.54) is 4.90 Å². The fraction of sp³-hybridized carbons (Fsp3) is 0.417. The summed E-state index contributed by atoms with van der Waals surface area (Å²) in [5.74, 6) is -1.53. The van der Waals surface area contributed by atoms with E-state index in [1.54, 1.807) is 0 Å². The number of halogens is 4. The Hall–Kier alpha value is -1.83. The highest BCUT2D eigenvalue weighted by Crippen LogP contribution is 2.30. The number of carbonyl (C=O) groups is 1. The van der Waals surface area contributed by atoms with E-state index in [4.69, 9.17) is 4.74 Å². The molecule has 0 unspecified atom stereocenters. The van der Waals surface area contributed by atoms with Gasteiger partial charge in [0.15, 0.2) is 0 Å². The van der Waals surface area contributed by atoms with Crippen LogP contribution in [0.4, 0.5) is 17.6 Å². The van der Waals surface area contributed by atoms with Crippen molar-refractivity contribution in [2.24, 2.45) is 0 Å². The van der Waals surface area contributed by atoms with Gasteiger partial charge in [-0.3, -0.25) is 4.79 Å². The molecule has 0 radical (unpaired) electrons. The zero-order chi connectivity index (χ0) is 14.8. The molecule has 1 atom stereocenters. The molecule has 0 bridgehead atoms. The number of nitrogens with zero attached hydrogens (tertiary/aromatic N) is 1. The summed E-state index contributed by atoms with van der Waals surface area (Å²) in [6.07, 6.45) is -4.32. The highest BCUT2D eigenvalue weighted by Gasteiger charge is 2.32. The van der Waals surface area contributed by atoms with Gasteiger partial charge in [-0.1, -0.05) is 6.07 Å². The zero-order valence-corrected chi connectivity index (χ0v) is 10.2. The molecule has 1 amide bonds. The van der Waals surface area contributed by atoms with Crippen molar-refractivity contribution in [3.63, 3.8) is 0 Å². The van der Waals surface area contributed by atoms with Gasteiger partial charge in [-0.2, -0.15) is 0 Å². The molecular weight excluding hydrogens is 282 g/mol. The first kappa shape index (κ1) is 14.6. The molecule has 1 fully saturated rings. The summed E-state index contributed by atoms with van der Waals surface area (Å²) < 4.78 is 58.7. The Morgan fingerprint density at radius 2 is 2.15 bits per heavy atom. The molecule has 0 aliphatic carbocycles. The van der Waals surface area contributed by atoms with E-state index in [0.717, 1.165) is 12.1 Å². The largest absolute Gasteiger partial charge is 0.573 e. The Kier molecular flexibility index (Phi) is 4.12. The number of amides is 1. The molecule has 4 nitrogen and oxygen atoms in total. The molecule has 8 heteroatoms. The molecule has 1 saturated heterocycles. The Labute approximate surface area is 111 Å². The molecular formula is C12H11F4NO3. The third-order valence-corrected chi connectivity index (χ3v) is 2.87. The molecule has 1 aliphatic heterocycles. The van der Waals surface area contributed by atoms with Gasteiger partial charge in [0, 0.05) is 18.2 Å². The third-order valence-electron chi connectivity index (χ3n) is 2.87. The van der Waals surface area contributed by atoms with Crippen LogP contribution in [0.5, 0.6) is 5.75 Å². The number of alkyl halides is 3. The van der Waals surface area contributed by atoms with Gasteiger partial charge in [0.25, 0.3) is 0 Å². The fourth-order valence-electron chi connectivity index (χ4n) is 1.99. The van der Waals surface area contributed by atoms with Crippen LogP contribution in [0.25, 0.3) is 0 Å². The van der Waals surface area contributed by atoms with Crippen LogP contribution >= 0.6 is 0 Å². The highest BCUT2D eigenvalue weighted by molar-refractivity contribution is 5.49. The predicted molar refractivity (Wildman–Crippen MR) is 59.4 cm³/mol. The van der Waals surface area contributed by atoms with E-state index in [-0.39, 0.29) is 12.2 Å². The molecule has 2 rings (SSSR count). The van der Waals surface area contributed by atoms with Crippen molar-refractivity contribution in [2.45, 2.75) is 12.4 Å². The summed E-state index contributed by atoms with van der Waals surface area (Å²) in [4.78, 5) is 12.2. The number of carbonyl (C=O) groups excluding carboxylic acids is 1. The lowest BCUT2D eigenvalue weighted by Crippen LogP contribution is -2.38. The SMILES string of the molecule is O=CN1CCOC[C@@H]1c1ccc(OC(F)(F)F)cc1F. The Morgan fingerprint density at radius 3 is 2.75 bits per heavy atom. The Bertz CT molecular complexity index is 492. The van der Waals surface area contributed by atoms with Crippen LogP contribution < -0.4 is 4.74 Å². The second-order valence-electron chi connectivity index (χ2n) is 4.17. The quantitative estimate of drug-likeness (QED) is 0.634. The lowest BCUT2D eigenvalue weighted by atomic mass is 10.0. The normalized spacial score (nSPS) is 19.8.